The van der Waals surface area contributed by atoms with Crippen LogP contribution in [0.15, 0.2) is 21.5 Å². The molecule has 4 nitrogen and oxygen atoms in total. The first-order chi connectivity index (χ1) is 9.25. The molecule has 2 N–H and O–H groups in total. The summed E-state index contributed by atoms with van der Waals surface area (Å²) in [5, 5.41) is 0. The molecule has 2 atom stereocenters. The highest BCUT2D eigenvalue weighted by Gasteiger charge is 2.36. The Morgan fingerprint density at radius 3 is 2.35 bits per heavy atom. The van der Waals surface area contributed by atoms with E-state index in [9.17, 15) is 8.42 Å². The number of hydrogen-bond acceptors (Lipinski definition) is 3. The number of nitrogens with two attached hydrogens (primary N) is 1. The van der Waals surface area contributed by atoms with E-state index in [1.54, 1.807) is 23.4 Å². The van der Waals surface area contributed by atoms with Crippen LogP contribution in [0.5, 0.6) is 0 Å². The van der Waals surface area contributed by atoms with E-state index in [-0.39, 0.29) is 12.1 Å². The molecule has 0 saturated carbocycles. The van der Waals surface area contributed by atoms with Crippen LogP contribution in [0.3, 0.4) is 0 Å². The summed E-state index contributed by atoms with van der Waals surface area (Å²) in [5.74, 6) is 0. The summed E-state index contributed by atoms with van der Waals surface area (Å²) in [6.07, 6.45) is 2.90. The minimum atomic E-state index is -3.50. The monoisotopic (exact) mass is 360 g/mol. The summed E-state index contributed by atoms with van der Waals surface area (Å²) >= 11 is 3.33. The van der Waals surface area contributed by atoms with E-state index >= 15 is 0 Å². The fourth-order valence-corrected chi connectivity index (χ4v) is 5.52. The molecule has 2 rings (SSSR count). The van der Waals surface area contributed by atoms with Crippen molar-refractivity contribution < 1.29 is 8.42 Å². The zero-order valence-electron chi connectivity index (χ0n) is 12.1. The molecule has 1 heterocycles. The van der Waals surface area contributed by atoms with E-state index in [0.29, 0.717) is 10.6 Å². The number of anilines is 1. The van der Waals surface area contributed by atoms with Gasteiger partial charge in [-0.1, -0.05) is 6.42 Å². The Morgan fingerprint density at radius 2 is 1.80 bits per heavy atom. The van der Waals surface area contributed by atoms with E-state index in [4.69, 9.17) is 5.73 Å². The lowest BCUT2D eigenvalue weighted by Crippen LogP contribution is -2.47. The number of piperidine rings is 1. The number of nitrogens with zero attached hydrogens (tertiary/aromatic N) is 1. The Hall–Kier alpha value is -0.590. The van der Waals surface area contributed by atoms with Crippen molar-refractivity contribution in [1.82, 2.24) is 4.31 Å². The molecule has 1 aliphatic rings. The largest absolute Gasteiger partial charge is 0.398 e. The highest BCUT2D eigenvalue weighted by atomic mass is 79.9. The molecule has 1 saturated heterocycles. The molecule has 0 aromatic heterocycles. The van der Waals surface area contributed by atoms with E-state index in [1.165, 1.54) is 0 Å². The van der Waals surface area contributed by atoms with Gasteiger partial charge in [0.05, 0.1) is 4.90 Å². The smallest absolute Gasteiger partial charge is 0.243 e. The number of halogens is 1. The maximum Gasteiger partial charge on any atom is 0.243 e. The van der Waals surface area contributed by atoms with Crippen LogP contribution in [-0.2, 0) is 10.0 Å². The predicted octanol–water partition coefficient (Wildman–Crippen LogP) is 3.29. The molecule has 0 spiro atoms. The molecule has 0 radical (unpaired) electrons. The molecule has 1 fully saturated rings. The maximum absolute atomic E-state index is 12.9. The van der Waals surface area contributed by atoms with Gasteiger partial charge in [-0.05, 0) is 67.2 Å². The van der Waals surface area contributed by atoms with Crippen LogP contribution in [-0.4, -0.2) is 24.8 Å². The van der Waals surface area contributed by atoms with E-state index in [1.807, 2.05) is 13.8 Å². The normalized spacial score (nSPS) is 24.8. The molecular formula is C14H21BrN2O2S. The summed E-state index contributed by atoms with van der Waals surface area (Å²) in [5.41, 5.74) is 7.02. The first kappa shape index (κ1) is 15.8. The zero-order valence-corrected chi connectivity index (χ0v) is 14.5. The number of aryl methyl sites for hydroxylation is 1. The van der Waals surface area contributed by atoms with Gasteiger partial charge < -0.3 is 5.73 Å². The van der Waals surface area contributed by atoms with Crippen LogP contribution >= 0.6 is 15.9 Å². The molecule has 6 heteroatoms. The zero-order chi connectivity index (χ0) is 15.1. The summed E-state index contributed by atoms with van der Waals surface area (Å²) < 4.78 is 28.3. The topological polar surface area (TPSA) is 63.4 Å². The van der Waals surface area contributed by atoms with Gasteiger partial charge in [0.2, 0.25) is 10.0 Å². The first-order valence-electron chi connectivity index (χ1n) is 6.84. The van der Waals surface area contributed by atoms with Crippen LogP contribution in [0, 0.1) is 6.92 Å². The number of hydrogen-bond donors (Lipinski definition) is 1. The lowest BCUT2D eigenvalue weighted by molar-refractivity contribution is 0.204. The van der Waals surface area contributed by atoms with Crippen LogP contribution in [0.4, 0.5) is 5.69 Å². The van der Waals surface area contributed by atoms with Gasteiger partial charge in [-0.3, -0.25) is 0 Å². The second-order valence-corrected chi connectivity index (χ2v) is 8.27. The van der Waals surface area contributed by atoms with Crippen molar-refractivity contribution in [2.45, 2.75) is 57.0 Å². The fourth-order valence-electron chi connectivity index (χ4n) is 2.93. The average Bonchev–Trinajstić information content (AvgIpc) is 2.33. The fraction of sp³-hybridized carbons (Fsp3) is 0.571. The number of nitrogen functional groups attached to an aromatic ring is 1. The molecule has 1 aromatic rings. The SMILES string of the molecule is Cc1cc(Br)c(N)cc1S(=O)(=O)N1[C@H](C)CCC[C@@H]1C. The lowest BCUT2D eigenvalue weighted by atomic mass is 10.0. The maximum atomic E-state index is 12.9. The van der Waals surface area contributed by atoms with Crippen molar-refractivity contribution in [3.05, 3.63) is 22.2 Å². The Kier molecular flexibility index (Phi) is 4.47. The first-order valence-corrected chi connectivity index (χ1v) is 9.07. The van der Waals surface area contributed by atoms with E-state index in [0.717, 1.165) is 29.3 Å². The van der Waals surface area contributed by atoms with Gasteiger partial charge in [0.1, 0.15) is 0 Å². The van der Waals surface area contributed by atoms with E-state index in [2.05, 4.69) is 15.9 Å². The van der Waals surface area contributed by atoms with Crippen LogP contribution in [0.1, 0.15) is 38.7 Å². The second-order valence-electron chi connectivity index (χ2n) is 5.60. The van der Waals surface area contributed by atoms with E-state index < -0.39 is 10.0 Å². The van der Waals surface area contributed by atoms with Gasteiger partial charge in [0.15, 0.2) is 0 Å². The van der Waals surface area contributed by atoms with Crippen molar-refractivity contribution in [2.75, 3.05) is 5.73 Å². The Bertz CT molecular complexity index is 606. The van der Waals surface area contributed by atoms with Gasteiger partial charge >= 0.3 is 0 Å². The summed E-state index contributed by atoms with van der Waals surface area (Å²) in [4.78, 5) is 0.318. The highest BCUT2D eigenvalue weighted by molar-refractivity contribution is 9.10. The Morgan fingerprint density at radius 1 is 1.25 bits per heavy atom. The van der Waals surface area contributed by atoms with Crippen molar-refractivity contribution in [2.24, 2.45) is 0 Å². The van der Waals surface area contributed by atoms with Gasteiger partial charge in [-0.2, -0.15) is 4.31 Å². The summed E-state index contributed by atoms with van der Waals surface area (Å²) in [7, 11) is -3.50. The van der Waals surface area contributed by atoms with Crippen LogP contribution in [0.2, 0.25) is 0 Å². The summed E-state index contributed by atoms with van der Waals surface area (Å²) in [6, 6.07) is 3.39. The third kappa shape index (κ3) is 2.73. The Balaban J connectivity index is 2.52. The molecule has 0 unspecified atom stereocenters. The molecule has 20 heavy (non-hydrogen) atoms. The molecule has 1 aromatic carbocycles. The molecule has 0 amide bonds. The molecule has 0 aliphatic carbocycles. The predicted molar refractivity (Wildman–Crippen MR) is 85.1 cm³/mol. The van der Waals surface area contributed by atoms with Crippen LogP contribution in [0.25, 0.3) is 0 Å². The molecule has 0 bridgehead atoms. The number of rotatable bonds is 2. The minimum Gasteiger partial charge on any atom is -0.398 e. The Labute approximate surface area is 129 Å². The third-order valence-corrected chi connectivity index (χ3v) is 6.92. The van der Waals surface area contributed by atoms with Crippen molar-refractivity contribution in [1.29, 1.82) is 0 Å². The van der Waals surface area contributed by atoms with Crippen molar-refractivity contribution >= 4 is 31.6 Å². The van der Waals surface area contributed by atoms with Gasteiger partial charge in [0, 0.05) is 22.2 Å². The lowest BCUT2D eigenvalue weighted by Gasteiger charge is -2.38. The average molecular weight is 361 g/mol. The quantitative estimate of drug-likeness (QED) is 0.823. The molecular weight excluding hydrogens is 340 g/mol. The highest BCUT2D eigenvalue weighted by Crippen LogP contribution is 2.33. The van der Waals surface area contributed by atoms with Gasteiger partial charge in [0.25, 0.3) is 0 Å². The standard InChI is InChI=1S/C14H21BrN2O2S/c1-9-7-12(15)13(16)8-14(9)20(18,19)17-10(2)5-4-6-11(17)3/h7-8,10-11H,4-6,16H2,1-3H3/t10-,11+. The third-order valence-electron chi connectivity index (χ3n) is 3.96. The molecule has 112 valence electrons. The van der Waals surface area contributed by atoms with Crippen molar-refractivity contribution in [3.8, 4) is 0 Å². The van der Waals surface area contributed by atoms with Crippen LogP contribution < -0.4 is 5.73 Å². The number of sulfonamides is 1. The number of benzene rings is 1. The summed E-state index contributed by atoms with van der Waals surface area (Å²) in [6.45, 7) is 5.76. The van der Waals surface area contributed by atoms with Gasteiger partial charge in [-0.25, -0.2) is 8.42 Å². The van der Waals surface area contributed by atoms with Crippen molar-refractivity contribution in [3.63, 3.8) is 0 Å². The van der Waals surface area contributed by atoms with Gasteiger partial charge in [-0.15, -0.1) is 0 Å². The minimum absolute atomic E-state index is 0.0352. The second kappa shape index (κ2) is 5.66. The molecule has 1 aliphatic heterocycles.